The number of ether oxygens (including phenoxy) is 2. The molecule has 0 fully saturated rings. The van der Waals surface area contributed by atoms with Crippen molar-refractivity contribution in [2.24, 2.45) is 0 Å². The van der Waals surface area contributed by atoms with Gasteiger partial charge in [-0.05, 0) is 0 Å². The number of aliphatic hydroxyl groups excluding tert-OH is 1. The topological polar surface area (TPSA) is 72.8 Å². The highest BCUT2D eigenvalue weighted by Gasteiger charge is 2.35. The molecule has 0 bridgehead atoms. The second kappa shape index (κ2) is 5.87. The molecule has 1 rings (SSSR count). The van der Waals surface area contributed by atoms with Crippen LogP contribution in [0.2, 0.25) is 0 Å². The zero-order valence-electron chi connectivity index (χ0n) is 10.2. The molecule has 0 saturated heterocycles. The highest BCUT2D eigenvalue weighted by molar-refractivity contribution is 5.90. The standard InChI is InChI=1S/C11H8F4O5/c1-19-10(17)4-7(14)5(12)3(6(13)8(4)15)9(16)11(18)20-2/h9,16H,1-2H3. The summed E-state index contributed by atoms with van der Waals surface area (Å²) in [5, 5.41) is 9.28. The molecule has 0 heterocycles. The first-order chi connectivity index (χ1) is 9.27. The summed E-state index contributed by atoms with van der Waals surface area (Å²) >= 11 is 0. The van der Waals surface area contributed by atoms with Crippen molar-refractivity contribution in [3.8, 4) is 0 Å². The van der Waals surface area contributed by atoms with Gasteiger partial charge in [0.05, 0.1) is 19.8 Å². The van der Waals surface area contributed by atoms with Crippen LogP contribution in [0.15, 0.2) is 0 Å². The summed E-state index contributed by atoms with van der Waals surface area (Å²) in [6.45, 7) is 0. The predicted molar refractivity (Wildman–Crippen MR) is 54.6 cm³/mol. The second-order valence-electron chi connectivity index (χ2n) is 3.46. The van der Waals surface area contributed by atoms with Crippen molar-refractivity contribution in [1.82, 2.24) is 0 Å². The average Bonchev–Trinajstić information content (AvgIpc) is 2.44. The third-order valence-corrected chi connectivity index (χ3v) is 2.38. The van der Waals surface area contributed by atoms with E-state index < -0.39 is 52.4 Å². The first-order valence-electron chi connectivity index (χ1n) is 4.97. The number of benzene rings is 1. The summed E-state index contributed by atoms with van der Waals surface area (Å²) in [7, 11) is 1.53. The van der Waals surface area contributed by atoms with E-state index in [9.17, 15) is 32.3 Å². The van der Waals surface area contributed by atoms with Crippen LogP contribution in [0.4, 0.5) is 17.6 Å². The zero-order chi connectivity index (χ0) is 15.6. The molecule has 0 amide bonds. The monoisotopic (exact) mass is 296 g/mol. The van der Waals surface area contributed by atoms with Crippen molar-refractivity contribution < 1.29 is 41.7 Å². The van der Waals surface area contributed by atoms with Crippen molar-refractivity contribution >= 4 is 11.9 Å². The molecule has 9 heteroatoms. The molecule has 1 N–H and O–H groups in total. The summed E-state index contributed by atoms with van der Waals surface area (Å²) < 4.78 is 62.2. The minimum atomic E-state index is -2.59. The maximum absolute atomic E-state index is 13.6. The lowest BCUT2D eigenvalue weighted by molar-refractivity contribution is -0.151. The Bertz CT molecular complexity index is 543. The fourth-order valence-electron chi connectivity index (χ4n) is 1.40. The van der Waals surface area contributed by atoms with E-state index in [2.05, 4.69) is 9.47 Å². The number of carbonyl (C=O) groups excluding carboxylic acids is 2. The van der Waals surface area contributed by atoms with Gasteiger partial charge in [-0.25, -0.2) is 27.2 Å². The van der Waals surface area contributed by atoms with Crippen LogP contribution < -0.4 is 0 Å². The van der Waals surface area contributed by atoms with E-state index in [4.69, 9.17) is 0 Å². The molecule has 0 saturated carbocycles. The molecule has 1 aromatic carbocycles. The van der Waals surface area contributed by atoms with Gasteiger partial charge < -0.3 is 14.6 Å². The van der Waals surface area contributed by atoms with Gasteiger partial charge in [0.15, 0.2) is 29.4 Å². The molecule has 0 spiro atoms. The van der Waals surface area contributed by atoms with Gasteiger partial charge >= 0.3 is 11.9 Å². The van der Waals surface area contributed by atoms with Crippen LogP contribution in [0.5, 0.6) is 0 Å². The van der Waals surface area contributed by atoms with Gasteiger partial charge in [0.25, 0.3) is 0 Å². The Morgan fingerprint density at radius 3 is 1.75 bits per heavy atom. The molecule has 5 nitrogen and oxygen atoms in total. The maximum atomic E-state index is 13.6. The highest BCUT2D eigenvalue weighted by atomic mass is 19.2. The Morgan fingerprint density at radius 2 is 1.40 bits per heavy atom. The van der Waals surface area contributed by atoms with E-state index in [1.54, 1.807) is 0 Å². The number of hydrogen-bond donors (Lipinski definition) is 1. The average molecular weight is 296 g/mol. The van der Waals surface area contributed by atoms with Crippen LogP contribution in [-0.2, 0) is 14.3 Å². The Hall–Kier alpha value is -2.16. The number of carbonyl (C=O) groups is 2. The van der Waals surface area contributed by atoms with E-state index in [1.165, 1.54) is 0 Å². The van der Waals surface area contributed by atoms with Gasteiger partial charge in [0, 0.05) is 0 Å². The third-order valence-electron chi connectivity index (χ3n) is 2.38. The molecule has 1 atom stereocenters. The minimum Gasteiger partial charge on any atom is -0.467 e. The van der Waals surface area contributed by atoms with Crippen LogP contribution in [0.1, 0.15) is 22.0 Å². The molecule has 20 heavy (non-hydrogen) atoms. The van der Waals surface area contributed by atoms with Gasteiger partial charge in [-0.2, -0.15) is 0 Å². The third kappa shape index (κ3) is 2.44. The number of rotatable bonds is 3. The SMILES string of the molecule is COC(=O)c1c(F)c(F)c(C(O)C(=O)OC)c(F)c1F. The second-order valence-corrected chi connectivity index (χ2v) is 3.46. The first kappa shape index (κ1) is 15.9. The van der Waals surface area contributed by atoms with Crippen LogP contribution in [0, 0.1) is 23.3 Å². The Labute approximate surface area is 109 Å². The molecule has 110 valence electrons. The molecular formula is C11H8F4O5. The minimum absolute atomic E-state index is 0.744. The van der Waals surface area contributed by atoms with Crippen molar-refractivity contribution in [3.63, 3.8) is 0 Å². The van der Waals surface area contributed by atoms with E-state index in [-0.39, 0.29) is 0 Å². The van der Waals surface area contributed by atoms with Crippen molar-refractivity contribution in [2.75, 3.05) is 14.2 Å². The van der Waals surface area contributed by atoms with Gasteiger partial charge in [0.2, 0.25) is 0 Å². The number of esters is 2. The molecular weight excluding hydrogens is 288 g/mol. The van der Waals surface area contributed by atoms with Gasteiger partial charge in [-0.1, -0.05) is 0 Å². The van der Waals surface area contributed by atoms with Crippen molar-refractivity contribution in [2.45, 2.75) is 6.10 Å². The lowest BCUT2D eigenvalue weighted by atomic mass is 10.0. The predicted octanol–water partition coefficient (Wildman–Crippen LogP) is 1.24. The van der Waals surface area contributed by atoms with E-state index in [0.29, 0.717) is 0 Å². The molecule has 1 unspecified atom stereocenters. The quantitative estimate of drug-likeness (QED) is 0.516. The smallest absolute Gasteiger partial charge is 0.344 e. The van der Waals surface area contributed by atoms with E-state index >= 15 is 0 Å². The van der Waals surface area contributed by atoms with Crippen LogP contribution in [0.3, 0.4) is 0 Å². The summed E-state index contributed by atoms with van der Waals surface area (Å²) in [5.74, 6) is -11.6. The fourth-order valence-corrected chi connectivity index (χ4v) is 1.40. The fraction of sp³-hybridized carbons (Fsp3) is 0.273. The number of aliphatic hydroxyl groups is 1. The highest BCUT2D eigenvalue weighted by Crippen LogP contribution is 2.29. The molecule has 0 radical (unpaired) electrons. The number of methoxy groups -OCH3 is 2. The Morgan fingerprint density at radius 1 is 0.950 bits per heavy atom. The van der Waals surface area contributed by atoms with Crippen molar-refractivity contribution in [1.29, 1.82) is 0 Å². The molecule has 1 aromatic rings. The van der Waals surface area contributed by atoms with Gasteiger partial charge in [-0.3, -0.25) is 0 Å². The molecule has 0 aliphatic carbocycles. The van der Waals surface area contributed by atoms with Crippen LogP contribution >= 0.6 is 0 Å². The molecule has 0 aliphatic rings. The van der Waals surface area contributed by atoms with Crippen LogP contribution in [0.25, 0.3) is 0 Å². The van der Waals surface area contributed by atoms with E-state index in [0.717, 1.165) is 14.2 Å². The molecule has 0 aromatic heterocycles. The van der Waals surface area contributed by atoms with Gasteiger partial charge in [-0.15, -0.1) is 0 Å². The number of halogens is 4. The summed E-state index contributed by atoms with van der Waals surface area (Å²) in [6, 6.07) is 0. The van der Waals surface area contributed by atoms with Crippen LogP contribution in [-0.4, -0.2) is 31.3 Å². The van der Waals surface area contributed by atoms with Gasteiger partial charge in [0.1, 0.15) is 5.56 Å². The first-order valence-corrected chi connectivity index (χ1v) is 4.97. The van der Waals surface area contributed by atoms with Crippen molar-refractivity contribution in [3.05, 3.63) is 34.4 Å². The lowest BCUT2D eigenvalue weighted by Crippen LogP contribution is -2.21. The lowest BCUT2D eigenvalue weighted by Gasteiger charge is -2.14. The summed E-state index contributed by atoms with van der Waals surface area (Å²) in [6.07, 6.45) is -2.59. The molecule has 0 aliphatic heterocycles. The number of hydrogen-bond acceptors (Lipinski definition) is 5. The zero-order valence-corrected chi connectivity index (χ0v) is 10.2. The Kier molecular flexibility index (Phi) is 4.66. The van der Waals surface area contributed by atoms with E-state index in [1.807, 2.05) is 0 Å². The maximum Gasteiger partial charge on any atom is 0.344 e. The largest absolute Gasteiger partial charge is 0.467 e. The summed E-state index contributed by atoms with van der Waals surface area (Å²) in [5.41, 5.74) is -3.21. The normalized spacial score (nSPS) is 11.9. The Balaban J connectivity index is 3.60. The summed E-state index contributed by atoms with van der Waals surface area (Å²) in [4.78, 5) is 22.0.